The van der Waals surface area contributed by atoms with E-state index in [4.69, 9.17) is 4.42 Å². The maximum Gasteiger partial charge on any atom is 0.290 e. The van der Waals surface area contributed by atoms with Crippen molar-refractivity contribution in [2.45, 2.75) is 12.5 Å². The van der Waals surface area contributed by atoms with Crippen molar-refractivity contribution in [2.75, 3.05) is 46.2 Å². The lowest BCUT2D eigenvalue weighted by atomic mass is 9.94. The quantitative estimate of drug-likeness (QED) is 0.690. The van der Waals surface area contributed by atoms with Crippen LogP contribution in [-0.4, -0.2) is 67.9 Å². The molecule has 7 heteroatoms. The second-order valence-electron chi connectivity index (χ2n) is 7.61. The lowest BCUT2D eigenvalue weighted by Gasteiger charge is -2.27. The van der Waals surface area contributed by atoms with Crippen LogP contribution in [0.4, 0.5) is 5.69 Å². The Balaban J connectivity index is 1.99. The molecule has 1 amide bonds. The Kier molecular flexibility index (Phi) is 6.08. The van der Waals surface area contributed by atoms with Crippen LogP contribution >= 0.6 is 0 Å². The van der Waals surface area contributed by atoms with Crippen molar-refractivity contribution in [1.82, 2.24) is 9.80 Å². The summed E-state index contributed by atoms with van der Waals surface area (Å²) in [5.74, 6) is -1.40. The Morgan fingerprint density at radius 1 is 1.14 bits per heavy atom. The van der Waals surface area contributed by atoms with Gasteiger partial charge in [0, 0.05) is 26.3 Å². The van der Waals surface area contributed by atoms with Crippen molar-refractivity contribution in [3.8, 4) is 0 Å². The molecule has 0 saturated carbocycles. The van der Waals surface area contributed by atoms with Gasteiger partial charge in [-0.15, -0.1) is 0 Å². The Morgan fingerprint density at radius 3 is 2.38 bits per heavy atom. The molecule has 0 aliphatic carbocycles. The van der Waals surface area contributed by atoms with Crippen LogP contribution in [0.3, 0.4) is 0 Å². The molecule has 154 valence electrons. The van der Waals surface area contributed by atoms with E-state index >= 15 is 0 Å². The van der Waals surface area contributed by atoms with E-state index in [0.29, 0.717) is 6.54 Å². The number of anilines is 1. The molecule has 1 aliphatic rings. The van der Waals surface area contributed by atoms with Gasteiger partial charge in [-0.3, -0.25) is 9.59 Å². The van der Waals surface area contributed by atoms with Crippen molar-refractivity contribution in [3.05, 3.63) is 65.3 Å². The van der Waals surface area contributed by atoms with Crippen LogP contribution in [0.15, 0.2) is 58.4 Å². The SMILES string of the molecule is CN(C)CCCN1C(=O)C(O)=C(C(=O)c2ccco2)C1c1ccc(N(C)C)cc1. The van der Waals surface area contributed by atoms with E-state index in [-0.39, 0.29) is 11.3 Å². The van der Waals surface area contributed by atoms with Gasteiger partial charge in [0.15, 0.2) is 11.5 Å². The highest BCUT2D eigenvalue weighted by Crippen LogP contribution is 2.39. The molecule has 2 aromatic rings. The first-order chi connectivity index (χ1) is 13.8. The topological polar surface area (TPSA) is 77.2 Å². The monoisotopic (exact) mass is 397 g/mol. The molecule has 1 atom stereocenters. The number of nitrogens with zero attached hydrogens (tertiary/aromatic N) is 3. The second kappa shape index (κ2) is 8.53. The van der Waals surface area contributed by atoms with Gasteiger partial charge >= 0.3 is 0 Å². The molecule has 0 fully saturated rings. The Morgan fingerprint density at radius 2 is 1.83 bits per heavy atom. The Hall–Kier alpha value is -3.06. The second-order valence-corrected chi connectivity index (χ2v) is 7.61. The minimum Gasteiger partial charge on any atom is -0.503 e. The summed E-state index contributed by atoms with van der Waals surface area (Å²) in [5.41, 5.74) is 1.84. The fraction of sp³-hybridized carbons (Fsp3) is 0.364. The molecule has 1 aromatic heterocycles. The summed E-state index contributed by atoms with van der Waals surface area (Å²) in [6.07, 6.45) is 2.12. The summed E-state index contributed by atoms with van der Waals surface area (Å²) < 4.78 is 5.24. The smallest absolute Gasteiger partial charge is 0.290 e. The first kappa shape index (κ1) is 20.7. The largest absolute Gasteiger partial charge is 0.503 e. The molecular formula is C22H27N3O4. The van der Waals surface area contributed by atoms with Gasteiger partial charge in [0.1, 0.15) is 0 Å². The highest BCUT2D eigenvalue weighted by atomic mass is 16.3. The Labute approximate surface area is 170 Å². The molecule has 29 heavy (non-hydrogen) atoms. The maximum atomic E-state index is 13.0. The molecular weight excluding hydrogens is 370 g/mol. The highest BCUT2D eigenvalue weighted by Gasteiger charge is 2.44. The van der Waals surface area contributed by atoms with E-state index in [1.54, 1.807) is 11.0 Å². The van der Waals surface area contributed by atoms with Crippen molar-refractivity contribution in [2.24, 2.45) is 0 Å². The number of benzene rings is 1. The summed E-state index contributed by atoms with van der Waals surface area (Å²) in [6.45, 7) is 1.22. The fourth-order valence-corrected chi connectivity index (χ4v) is 3.52. The predicted octanol–water partition coefficient (Wildman–Crippen LogP) is 2.88. The average Bonchev–Trinajstić information content (AvgIpc) is 3.30. The van der Waals surface area contributed by atoms with E-state index in [9.17, 15) is 14.7 Å². The van der Waals surface area contributed by atoms with Gasteiger partial charge in [-0.1, -0.05) is 12.1 Å². The molecule has 3 rings (SSSR count). The molecule has 2 heterocycles. The van der Waals surface area contributed by atoms with E-state index in [1.807, 2.05) is 62.3 Å². The minimum atomic E-state index is -0.654. The summed E-state index contributed by atoms with van der Waals surface area (Å²) >= 11 is 0. The van der Waals surface area contributed by atoms with Gasteiger partial charge in [0.25, 0.3) is 5.91 Å². The van der Waals surface area contributed by atoms with Crippen LogP contribution in [-0.2, 0) is 4.79 Å². The summed E-state index contributed by atoms with van der Waals surface area (Å²) in [6, 6.07) is 10.1. The number of rotatable bonds is 8. The molecule has 1 aliphatic heterocycles. The van der Waals surface area contributed by atoms with Crippen LogP contribution in [0.1, 0.15) is 28.6 Å². The Bertz CT molecular complexity index is 899. The number of aliphatic hydroxyl groups is 1. The third-order valence-electron chi connectivity index (χ3n) is 5.02. The number of hydrogen-bond acceptors (Lipinski definition) is 6. The molecule has 1 aromatic carbocycles. The summed E-state index contributed by atoms with van der Waals surface area (Å²) in [7, 11) is 7.81. The molecule has 0 spiro atoms. The molecule has 0 bridgehead atoms. The van der Waals surface area contributed by atoms with Crippen molar-refractivity contribution in [1.29, 1.82) is 0 Å². The molecule has 7 nitrogen and oxygen atoms in total. The van der Waals surface area contributed by atoms with Crippen LogP contribution < -0.4 is 4.90 Å². The van der Waals surface area contributed by atoms with Crippen molar-refractivity contribution < 1.29 is 19.1 Å². The zero-order valence-electron chi connectivity index (χ0n) is 17.3. The standard InChI is InChI=1S/C22H27N3O4/c1-23(2)12-6-13-25-19(15-8-10-16(11-9-15)24(3)4)18(21(27)22(25)28)20(26)17-7-5-14-29-17/h5,7-11,14,19,27H,6,12-13H2,1-4H3. The third kappa shape index (κ3) is 4.19. The highest BCUT2D eigenvalue weighted by molar-refractivity contribution is 6.15. The number of amides is 1. The van der Waals surface area contributed by atoms with Crippen molar-refractivity contribution >= 4 is 17.4 Å². The van der Waals surface area contributed by atoms with E-state index in [0.717, 1.165) is 24.2 Å². The lowest BCUT2D eigenvalue weighted by Crippen LogP contribution is -2.33. The average molecular weight is 397 g/mol. The number of furan rings is 1. The van der Waals surface area contributed by atoms with Gasteiger partial charge in [0.2, 0.25) is 5.78 Å². The zero-order valence-corrected chi connectivity index (χ0v) is 17.3. The number of carbonyl (C=O) groups excluding carboxylic acids is 2. The number of Topliss-reactive ketones (excluding diaryl/α,β-unsaturated/α-hetero) is 1. The summed E-state index contributed by atoms with van der Waals surface area (Å²) in [5, 5.41) is 10.6. The van der Waals surface area contributed by atoms with Crippen LogP contribution in [0.5, 0.6) is 0 Å². The van der Waals surface area contributed by atoms with Gasteiger partial charge in [-0.2, -0.15) is 0 Å². The molecule has 0 saturated heterocycles. The van der Waals surface area contributed by atoms with Gasteiger partial charge in [-0.05, 0) is 56.9 Å². The predicted molar refractivity (Wildman–Crippen MR) is 111 cm³/mol. The van der Waals surface area contributed by atoms with Crippen LogP contribution in [0.25, 0.3) is 0 Å². The van der Waals surface area contributed by atoms with E-state index in [2.05, 4.69) is 0 Å². The van der Waals surface area contributed by atoms with Gasteiger partial charge in [0.05, 0.1) is 17.9 Å². The maximum absolute atomic E-state index is 13.0. The first-order valence-electron chi connectivity index (χ1n) is 9.55. The first-order valence-corrected chi connectivity index (χ1v) is 9.55. The van der Waals surface area contributed by atoms with E-state index < -0.39 is 23.5 Å². The number of ketones is 1. The van der Waals surface area contributed by atoms with Gasteiger partial charge < -0.3 is 24.2 Å². The summed E-state index contributed by atoms with van der Waals surface area (Å²) in [4.78, 5) is 31.5. The lowest BCUT2D eigenvalue weighted by molar-refractivity contribution is -0.129. The number of hydrogen-bond donors (Lipinski definition) is 1. The van der Waals surface area contributed by atoms with Crippen molar-refractivity contribution in [3.63, 3.8) is 0 Å². The molecule has 1 unspecified atom stereocenters. The number of carbonyl (C=O) groups is 2. The fourth-order valence-electron chi connectivity index (χ4n) is 3.52. The van der Waals surface area contributed by atoms with Crippen LogP contribution in [0.2, 0.25) is 0 Å². The third-order valence-corrected chi connectivity index (χ3v) is 5.02. The van der Waals surface area contributed by atoms with Crippen LogP contribution in [0, 0.1) is 0 Å². The minimum absolute atomic E-state index is 0.0624. The van der Waals surface area contributed by atoms with E-state index in [1.165, 1.54) is 12.3 Å². The molecule has 1 N–H and O–H groups in total. The molecule has 0 radical (unpaired) electrons. The normalized spacial score (nSPS) is 16.8. The zero-order chi connectivity index (χ0) is 21.1. The number of aliphatic hydroxyl groups excluding tert-OH is 1. The van der Waals surface area contributed by atoms with Gasteiger partial charge in [-0.25, -0.2) is 0 Å².